The van der Waals surface area contributed by atoms with Gasteiger partial charge in [0.1, 0.15) is 5.69 Å². The molecule has 0 spiro atoms. The van der Waals surface area contributed by atoms with Crippen LogP contribution in [0.1, 0.15) is 48.6 Å². The van der Waals surface area contributed by atoms with Crippen LogP contribution in [0.3, 0.4) is 0 Å². The molecule has 29 heavy (non-hydrogen) atoms. The van der Waals surface area contributed by atoms with Crippen LogP contribution in [0, 0.1) is 0 Å². The van der Waals surface area contributed by atoms with Gasteiger partial charge in [-0.2, -0.15) is 4.68 Å². The summed E-state index contributed by atoms with van der Waals surface area (Å²) in [4.78, 5) is 28.1. The fraction of sp³-hybridized carbons (Fsp3) is 0.444. The second-order valence-electron chi connectivity index (χ2n) is 7.39. The van der Waals surface area contributed by atoms with Crippen molar-refractivity contribution in [3.8, 4) is 5.69 Å². The van der Waals surface area contributed by atoms with E-state index in [2.05, 4.69) is 27.4 Å². The predicted molar refractivity (Wildman–Crippen MR) is 102 cm³/mol. The van der Waals surface area contributed by atoms with Gasteiger partial charge in [0.25, 0.3) is 0 Å². The van der Waals surface area contributed by atoms with Gasteiger partial charge >= 0.3 is 11.9 Å². The summed E-state index contributed by atoms with van der Waals surface area (Å²) in [6.45, 7) is 3.47. The summed E-state index contributed by atoms with van der Waals surface area (Å²) in [5, 5.41) is 11.7. The molecule has 1 saturated carbocycles. The minimum atomic E-state index is -0.472. The zero-order valence-corrected chi connectivity index (χ0v) is 16.9. The molecule has 5 rings (SSSR count). The molecule has 11 heteroatoms. The molecule has 2 aliphatic rings. The Morgan fingerprint density at radius 3 is 2.79 bits per heavy atom. The van der Waals surface area contributed by atoms with E-state index in [9.17, 15) is 9.59 Å². The van der Waals surface area contributed by atoms with E-state index in [1.807, 2.05) is 22.4 Å². The largest absolute Gasteiger partial charge is 0.465 e. The van der Waals surface area contributed by atoms with E-state index in [1.165, 1.54) is 18.7 Å². The maximum atomic E-state index is 12.3. The van der Waals surface area contributed by atoms with E-state index in [0.29, 0.717) is 22.7 Å². The van der Waals surface area contributed by atoms with Crippen molar-refractivity contribution in [2.24, 2.45) is 0 Å². The van der Waals surface area contributed by atoms with Gasteiger partial charge in [-0.05, 0) is 36.3 Å². The van der Waals surface area contributed by atoms with Crippen molar-refractivity contribution in [2.45, 2.75) is 42.8 Å². The van der Waals surface area contributed by atoms with Crippen molar-refractivity contribution >= 4 is 29.3 Å². The molecular weight excluding hydrogens is 396 g/mol. The summed E-state index contributed by atoms with van der Waals surface area (Å²) in [5.41, 5.74) is 2.52. The first-order valence-electron chi connectivity index (χ1n) is 9.10. The minimum absolute atomic E-state index is 0.0274. The van der Waals surface area contributed by atoms with Crippen LogP contribution in [0.25, 0.3) is 11.3 Å². The molecular formula is C18H18N6O4S. The summed E-state index contributed by atoms with van der Waals surface area (Å²) in [7, 11) is 1.34. The Balaban J connectivity index is 1.68. The van der Waals surface area contributed by atoms with Gasteiger partial charge in [0, 0.05) is 17.9 Å². The first kappa shape index (κ1) is 18.1. The summed E-state index contributed by atoms with van der Waals surface area (Å²) in [5.74, 6) is -0.592. The number of methoxy groups -OCH3 is 1. The van der Waals surface area contributed by atoms with Crippen molar-refractivity contribution in [3.63, 3.8) is 0 Å². The number of esters is 2. The quantitative estimate of drug-likeness (QED) is 0.454. The van der Waals surface area contributed by atoms with Crippen molar-refractivity contribution in [2.75, 3.05) is 7.11 Å². The average Bonchev–Trinajstić information content (AvgIpc) is 3.18. The molecule has 0 amide bonds. The van der Waals surface area contributed by atoms with Crippen LogP contribution in [-0.2, 0) is 25.6 Å². The Labute approximate surface area is 169 Å². The number of ether oxygens (including phenoxy) is 2. The van der Waals surface area contributed by atoms with Crippen molar-refractivity contribution < 1.29 is 19.1 Å². The number of nitrogens with zero attached hydrogens (tertiary/aromatic N) is 6. The molecule has 3 aromatic rings. The Hall–Kier alpha value is -2.95. The van der Waals surface area contributed by atoms with Crippen molar-refractivity contribution in [1.29, 1.82) is 0 Å². The number of carbonyl (C=O) groups is 2. The Morgan fingerprint density at radius 1 is 1.34 bits per heavy atom. The molecule has 3 aromatic heterocycles. The molecule has 2 atom stereocenters. The smallest absolute Gasteiger partial charge is 0.339 e. The Morgan fingerprint density at radius 2 is 2.17 bits per heavy atom. The molecule has 1 unspecified atom stereocenters. The molecule has 1 aliphatic carbocycles. The number of hydrogen-bond donors (Lipinski definition) is 0. The van der Waals surface area contributed by atoms with Crippen LogP contribution in [0.15, 0.2) is 18.5 Å². The highest BCUT2D eigenvalue weighted by molar-refractivity contribution is 8.09. The molecule has 4 heterocycles. The first-order chi connectivity index (χ1) is 13.9. The van der Waals surface area contributed by atoms with Gasteiger partial charge in [-0.15, -0.1) is 16.9 Å². The van der Waals surface area contributed by atoms with E-state index in [0.717, 1.165) is 18.5 Å². The van der Waals surface area contributed by atoms with Crippen LogP contribution in [0.2, 0.25) is 0 Å². The Kier molecular flexibility index (Phi) is 3.76. The molecule has 0 aromatic carbocycles. The van der Waals surface area contributed by atoms with E-state index in [1.54, 1.807) is 12.3 Å². The molecule has 150 valence electrons. The van der Waals surface area contributed by atoms with E-state index >= 15 is 0 Å². The van der Waals surface area contributed by atoms with Gasteiger partial charge in [0.15, 0.2) is 18.1 Å². The number of thioether (sulfide) groups is 1. The van der Waals surface area contributed by atoms with Gasteiger partial charge in [0.05, 0.1) is 29.3 Å². The topological polar surface area (TPSA) is 114 Å². The van der Waals surface area contributed by atoms with Gasteiger partial charge in [-0.3, -0.25) is 9.20 Å². The number of carbonyl (C=O) groups excluding carboxylic acids is 2. The second-order valence-corrected chi connectivity index (χ2v) is 9.19. The lowest BCUT2D eigenvalue weighted by molar-refractivity contribution is -0.142. The highest BCUT2D eigenvalue weighted by Crippen LogP contribution is 2.81. The summed E-state index contributed by atoms with van der Waals surface area (Å²) < 4.78 is 13.6. The zero-order valence-electron chi connectivity index (χ0n) is 16.1. The van der Waals surface area contributed by atoms with Crippen molar-refractivity contribution in [3.05, 3.63) is 35.5 Å². The van der Waals surface area contributed by atoms with E-state index in [-0.39, 0.29) is 16.1 Å². The monoisotopic (exact) mass is 414 g/mol. The highest BCUT2D eigenvalue weighted by Gasteiger charge is 2.74. The molecule has 10 nitrogen and oxygen atoms in total. The van der Waals surface area contributed by atoms with Gasteiger partial charge in [-0.1, -0.05) is 0 Å². The molecule has 0 N–H and O–H groups in total. The third-order valence-corrected chi connectivity index (χ3v) is 7.77. The van der Waals surface area contributed by atoms with Gasteiger partial charge < -0.3 is 9.47 Å². The Bertz CT molecular complexity index is 1170. The molecule has 1 aliphatic heterocycles. The van der Waals surface area contributed by atoms with Crippen LogP contribution in [-0.4, -0.2) is 53.4 Å². The number of hydrogen-bond acceptors (Lipinski definition) is 9. The lowest BCUT2D eigenvalue weighted by Gasteiger charge is -2.29. The highest BCUT2D eigenvalue weighted by atomic mass is 32.2. The van der Waals surface area contributed by atoms with Crippen molar-refractivity contribution in [1.82, 2.24) is 29.6 Å². The number of fused-ring (bicyclic) bond motifs is 2. The number of pyridine rings is 1. The van der Waals surface area contributed by atoms with Gasteiger partial charge in [-0.25, -0.2) is 9.78 Å². The van der Waals surface area contributed by atoms with Crippen LogP contribution in [0.5, 0.6) is 0 Å². The second kappa shape index (κ2) is 6.02. The maximum absolute atomic E-state index is 12.3. The summed E-state index contributed by atoms with van der Waals surface area (Å²) in [6, 6.07) is 1.63. The summed E-state index contributed by atoms with van der Waals surface area (Å²) >= 11 is 1.94. The number of imidazole rings is 1. The van der Waals surface area contributed by atoms with Crippen LogP contribution in [0.4, 0.5) is 0 Å². The molecule has 0 radical (unpaired) electrons. The number of tetrazole rings is 1. The standard InChI is InChI=1S/C18H18N6O4S/c1-10(25)28-9-14-20-21-22-24(14)12-6-11(16(26)27-3)8-23-13(7-19-15(12)23)18-5-4-17(18,2)29-18/h6-8H,4-5,9H2,1-3H3/t17?,18-/m0/s1. The van der Waals surface area contributed by atoms with E-state index < -0.39 is 11.9 Å². The predicted octanol–water partition coefficient (Wildman–Crippen LogP) is 1.65. The summed E-state index contributed by atoms with van der Waals surface area (Å²) in [6.07, 6.45) is 5.83. The lowest BCUT2D eigenvalue weighted by atomic mass is 9.73. The third kappa shape index (κ3) is 2.49. The van der Waals surface area contributed by atoms with Crippen LogP contribution >= 0.6 is 11.8 Å². The normalized spacial score (nSPS) is 24.7. The minimum Gasteiger partial charge on any atom is -0.465 e. The van der Waals surface area contributed by atoms with Crippen LogP contribution < -0.4 is 0 Å². The molecule has 1 saturated heterocycles. The lowest BCUT2D eigenvalue weighted by Crippen LogP contribution is -2.33. The fourth-order valence-corrected chi connectivity index (χ4v) is 5.71. The SMILES string of the molecule is COC(=O)c1cc(-n2nnnc2COC(C)=O)c2ncc([C@@]34CCC3(C)S4)n2c1. The maximum Gasteiger partial charge on any atom is 0.339 e. The third-order valence-electron chi connectivity index (χ3n) is 5.75. The first-order valence-corrected chi connectivity index (χ1v) is 9.91. The molecule has 0 bridgehead atoms. The average molecular weight is 414 g/mol. The van der Waals surface area contributed by atoms with Gasteiger partial charge in [0.2, 0.25) is 0 Å². The number of rotatable bonds is 5. The number of aromatic nitrogens is 6. The zero-order chi connectivity index (χ0) is 20.4. The van der Waals surface area contributed by atoms with E-state index in [4.69, 9.17) is 9.47 Å². The molecule has 2 fully saturated rings. The fourth-order valence-electron chi connectivity index (χ4n) is 4.02.